The molecule has 0 aliphatic heterocycles. The highest BCUT2D eigenvalue weighted by Gasteiger charge is 2.10. The fourth-order valence-electron chi connectivity index (χ4n) is 2.96. The molecule has 0 atom stereocenters. The molecule has 12 heteroatoms. The van der Waals surface area contributed by atoms with E-state index in [1.165, 1.54) is 36.7 Å². The van der Waals surface area contributed by atoms with E-state index in [4.69, 9.17) is 46.4 Å². The first kappa shape index (κ1) is 23.8. The van der Waals surface area contributed by atoms with Gasteiger partial charge < -0.3 is 10.2 Å². The van der Waals surface area contributed by atoms with Crippen LogP contribution in [0.25, 0.3) is 10.8 Å². The van der Waals surface area contributed by atoms with Crippen LogP contribution in [0.5, 0.6) is 11.5 Å². The molecule has 0 saturated heterocycles. The number of anilines is 2. The Balaban J connectivity index is 1.57. The number of benzene rings is 3. The van der Waals surface area contributed by atoms with Crippen LogP contribution in [0, 0.1) is 0 Å². The number of phenols is 2. The van der Waals surface area contributed by atoms with Gasteiger partial charge in [-0.3, -0.25) is 10.9 Å². The molecular formula is C22H14Cl4N6O2. The Hall–Kier alpha value is -3.30. The molecule has 0 saturated carbocycles. The van der Waals surface area contributed by atoms with Crippen LogP contribution in [0.1, 0.15) is 11.1 Å². The third-order valence-electron chi connectivity index (χ3n) is 4.55. The zero-order chi connectivity index (χ0) is 24.2. The van der Waals surface area contributed by atoms with Crippen molar-refractivity contribution in [2.45, 2.75) is 0 Å². The summed E-state index contributed by atoms with van der Waals surface area (Å²) in [6.07, 6.45) is 2.73. The second-order valence-corrected chi connectivity index (χ2v) is 8.52. The molecule has 34 heavy (non-hydrogen) atoms. The van der Waals surface area contributed by atoms with E-state index < -0.39 is 0 Å². The van der Waals surface area contributed by atoms with Gasteiger partial charge in [-0.05, 0) is 24.3 Å². The monoisotopic (exact) mass is 534 g/mol. The van der Waals surface area contributed by atoms with Gasteiger partial charge in [0.1, 0.15) is 11.5 Å². The third-order valence-corrected chi connectivity index (χ3v) is 5.56. The Morgan fingerprint density at radius 2 is 1.09 bits per heavy atom. The number of hydrogen-bond acceptors (Lipinski definition) is 8. The van der Waals surface area contributed by atoms with E-state index in [-0.39, 0.29) is 21.5 Å². The minimum Gasteiger partial charge on any atom is -0.506 e. The molecule has 1 aromatic heterocycles. The Kier molecular flexibility index (Phi) is 7.23. The van der Waals surface area contributed by atoms with Gasteiger partial charge in [0.15, 0.2) is 11.6 Å². The van der Waals surface area contributed by atoms with Crippen LogP contribution in [0.4, 0.5) is 11.6 Å². The Labute approximate surface area is 213 Å². The van der Waals surface area contributed by atoms with Crippen molar-refractivity contribution in [3.63, 3.8) is 0 Å². The third kappa shape index (κ3) is 5.26. The lowest BCUT2D eigenvalue weighted by Crippen LogP contribution is -2.01. The lowest BCUT2D eigenvalue weighted by molar-refractivity contribution is 0.474. The van der Waals surface area contributed by atoms with Crippen LogP contribution in [0.2, 0.25) is 20.1 Å². The molecule has 0 fully saturated rings. The van der Waals surface area contributed by atoms with E-state index in [1.807, 2.05) is 24.3 Å². The van der Waals surface area contributed by atoms with Gasteiger partial charge in [0, 0.05) is 31.9 Å². The molecule has 4 N–H and O–H groups in total. The van der Waals surface area contributed by atoms with Gasteiger partial charge in [0.05, 0.1) is 22.5 Å². The summed E-state index contributed by atoms with van der Waals surface area (Å²) < 4.78 is 0. The molecule has 0 aliphatic rings. The SMILES string of the molecule is Oc1c(Cl)cc(Cl)cc1/C=N\Nc1nnc(N/N=C\c2cc(Cl)cc(Cl)c2O)c2ccccc12. The largest absolute Gasteiger partial charge is 0.506 e. The van der Waals surface area contributed by atoms with Crippen molar-refractivity contribution in [2.75, 3.05) is 10.9 Å². The van der Waals surface area contributed by atoms with Crippen molar-refractivity contribution >= 4 is 81.2 Å². The van der Waals surface area contributed by atoms with Gasteiger partial charge in [-0.1, -0.05) is 70.7 Å². The molecule has 0 aliphatic carbocycles. The number of fused-ring (bicyclic) bond motifs is 1. The van der Waals surface area contributed by atoms with Crippen LogP contribution in [-0.4, -0.2) is 32.8 Å². The summed E-state index contributed by atoms with van der Waals surface area (Å²) in [5.74, 6) is 0.454. The minimum atomic E-state index is -0.142. The highest BCUT2D eigenvalue weighted by molar-refractivity contribution is 6.36. The molecular weight excluding hydrogens is 522 g/mol. The fraction of sp³-hybridized carbons (Fsp3) is 0. The summed E-state index contributed by atoms with van der Waals surface area (Å²) in [4.78, 5) is 0. The van der Waals surface area contributed by atoms with Crippen molar-refractivity contribution in [3.8, 4) is 11.5 Å². The predicted octanol–water partition coefficient (Wildman–Crippen LogP) is 6.55. The second-order valence-electron chi connectivity index (χ2n) is 6.83. The average molecular weight is 536 g/mol. The first-order valence-electron chi connectivity index (χ1n) is 9.53. The zero-order valence-electron chi connectivity index (χ0n) is 17.0. The first-order valence-corrected chi connectivity index (χ1v) is 11.0. The number of rotatable bonds is 6. The Morgan fingerprint density at radius 3 is 1.50 bits per heavy atom. The Bertz CT molecular complexity index is 1340. The van der Waals surface area contributed by atoms with Crippen LogP contribution >= 0.6 is 46.4 Å². The smallest absolute Gasteiger partial charge is 0.176 e. The fourth-order valence-corrected chi connectivity index (χ4v) is 3.98. The van der Waals surface area contributed by atoms with Gasteiger partial charge in [0.25, 0.3) is 0 Å². The number of phenolic OH excluding ortho intramolecular Hbond substituents is 2. The molecule has 0 amide bonds. The summed E-state index contributed by atoms with van der Waals surface area (Å²) in [6.45, 7) is 0. The first-order chi connectivity index (χ1) is 16.3. The molecule has 8 nitrogen and oxygen atoms in total. The van der Waals surface area contributed by atoms with E-state index >= 15 is 0 Å². The van der Waals surface area contributed by atoms with Gasteiger partial charge >= 0.3 is 0 Å². The van der Waals surface area contributed by atoms with Crippen molar-refractivity contribution in [3.05, 3.63) is 79.7 Å². The number of hydrazone groups is 2. The normalized spacial score (nSPS) is 11.5. The quantitative estimate of drug-likeness (QED) is 0.164. The van der Waals surface area contributed by atoms with Gasteiger partial charge in [-0.25, -0.2) is 0 Å². The summed E-state index contributed by atoms with van der Waals surface area (Å²) in [5.41, 5.74) is 6.27. The van der Waals surface area contributed by atoms with E-state index in [0.29, 0.717) is 43.6 Å². The lowest BCUT2D eigenvalue weighted by atomic mass is 10.2. The van der Waals surface area contributed by atoms with E-state index in [0.717, 1.165) is 0 Å². The molecule has 0 radical (unpaired) electrons. The molecule has 0 spiro atoms. The maximum Gasteiger partial charge on any atom is 0.176 e. The maximum absolute atomic E-state index is 10.1. The van der Waals surface area contributed by atoms with Crippen LogP contribution < -0.4 is 10.9 Å². The van der Waals surface area contributed by atoms with Crippen molar-refractivity contribution in [1.29, 1.82) is 0 Å². The van der Waals surface area contributed by atoms with Crippen LogP contribution in [-0.2, 0) is 0 Å². The second kappa shape index (κ2) is 10.3. The molecule has 0 bridgehead atoms. The summed E-state index contributed by atoms with van der Waals surface area (Å²) in [5, 5.41) is 39.0. The minimum absolute atomic E-state index is 0.114. The van der Waals surface area contributed by atoms with Gasteiger partial charge in [-0.15, -0.1) is 10.2 Å². The number of nitrogens with zero attached hydrogens (tertiary/aromatic N) is 4. The van der Waals surface area contributed by atoms with Crippen molar-refractivity contribution in [1.82, 2.24) is 10.2 Å². The van der Waals surface area contributed by atoms with E-state index in [2.05, 4.69) is 31.3 Å². The molecule has 3 aromatic carbocycles. The molecule has 0 unspecified atom stereocenters. The highest BCUT2D eigenvalue weighted by atomic mass is 35.5. The van der Waals surface area contributed by atoms with Gasteiger partial charge in [0.2, 0.25) is 0 Å². The van der Waals surface area contributed by atoms with Crippen molar-refractivity contribution in [2.24, 2.45) is 10.2 Å². The molecule has 1 heterocycles. The lowest BCUT2D eigenvalue weighted by Gasteiger charge is -2.08. The number of aromatic nitrogens is 2. The standard InChI is InChI=1S/C22H14Cl4N6O2/c23-13-5-11(19(33)17(25)7-13)9-27-29-21-15-3-1-2-4-16(15)22(32-31-21)30-28-10-12-6-14(24)8-18(26)20(12)34/h1-10,33-34H,(H,29,31)(H,30,32)/b27-9-,28-10-. The summed E-state index contributed by atoms with van der Waals surface area (Å²) in [6, 6.07) is 13.2. The topological polar surface area (TPSA) is 115 Å². The number of nitrogens with one attached hydrogen (secondary N) is 2. The van der Waals surface area contributed by atoms with Gasteiger partial charge in [-0.2, -0.15) is 10.2 Å². The van der Waals surface area contributed by atoms with Crippen LogP contribution in [0.3, 0.4) is 0 Å². The van der Waals surface area contributed by atoms with E-state index in [9.17, 15) is 10.2 Å². The Morgan fingerprint density at radius 1 is 0.676 bits per heavy atom. The molecule has 4 aromatic rings. The van der Waals surface area contributed by atoms with Crippen LogP contribution in [0.15, 0.2) is 58.7 Å². The average Bonchev–Trinajstić information content (AvgIpc) is 2.81. The summed E-state index contributed by atoms with van der Waals surface area (Å²) >= 11 is 23.8. The number of aromatic hydroxyl groups is 2. The number of hydrogen-bond donors (Lipinski definition) is 4. The highest BCUT2D eigenvalue weighted by Crippen LogP contribution is 2.31. The van der Waals surface area contributed by atoms with Crippen molar-refractivity contribution < 1.29 is 10.2 Å². The molecule has 4 rings (SSSR count). The zero-order valence-corrected chi connectivity index (χ0v) is 20.0. The maximum atomic E-state index is 10.1. The van der Waals surface area contributed by atoms with E-state index in [1.54, 1.807) is 0 Å². The molecule has 172 valence electrons. The predicted molar refractivity (Wildman–Crippen MR) is 138 cm³/mol. The number of halogens is 4. The summed E-state index contributed by atoms with van der Waals surface area (Å²) in [7, 11) is 0.